The average molecular weight is 546 g/mol. The van der Waals surface area contributed by atoms with E-state index in [2.05, 4.69) is 11.4 Å². The van der Waals surface area contributed by atoms with Crippen LogP contribution in [0.15, 0.2) is 48.5 Å². The van der Waals surface area contributed by atoms with Gasteiger partial charge in [-0.05, 0) is 67.0 Å². The quantitative estimate of drug-likeness (QED) is 0.288. The summed E-state index contributed by atoms with van der Waals surface area (Å²) in [4.78, 5) is 29.0. The first kappa shape index (κ1) is 31.0. The van der Waals surface area contributed by atoms with Crippen LogP contribution in [0.25, 0.3) is 11.4 Å². The number of amides is 1. The fourth-order valence-corrected chi connectivity index (χ4v) is 5.18. The minimum absolute atomic E-state index is 0. The number of aliphatic hydroxyl groups is 2. The van der Waals surface area contributed by atoms with Crippen molar-refractivity contribution < 1.29 is 58.9 Å². The first-order valence-corrected chi connectivity index (χ1v) is 12.9. The van der Waals surface area contributed by atoms with E-state index in [0.717, 1.165) is 18.4 Å². The summed E-state index contributed by atoms with van der Waals surface area (Å²) in [7, 11) is 0. The number of aliphatic carboxylic acids is 1. The maximum atomic E-state index is 13.7. The van der Waals surface area contributed by atoms with Crippen LogP contribution in [0.3, 0.4) is 0 Å². The van der Waals surface area contributed by atoms with E-state index in [4.69, 9.17) is 4.98 Å². The van der Waals surface area contributed by atoms with Crippen molar-refractivity contribution in [1.29, 1.82) is 0 Å². The van der Waals surface area contributed by atoms with Crippen LogP contribution in [-0.4, -0.2) is 43.8 Å². The maximum absolute atomic E-state index is 13.7. The van der Waals surface area contributed by atoms with Gasteiger partial charge in [-0.15, -0.1) is 0 Å². The minimum atomic E-state index is -1.39. The SMILES string of the molecule is CC(C)c1c(C(=O)NC2CCc3ccccc32)nc(-c2ccc(F)cc2)n1CC[C@@H](O)C[C@@H](O)CC(=O)[O-].[Na+]. The zero-order valence-corrected chi connectivity index (χ0v) is 24.6. The summed E-state index contributed by atoms with van der Waals surface area (Å²) >= 11 is 0. The van der Waals surface area contributed by atoms with E-state index < -0.39 is 30.4 Å². The Morgan fingerprint density at radius 2 is 1.82 bits per heavy atom. The molecule has 1 aliphatic rings. The summed E-state index contributed by atoms with van der Waals surface area (Å²) in [6.07, 6.45) is -1.03. The number of halogens is 1. The summed E-state index contributed by atoms with van der Waals surface area (Å²) in [6.45, 7) is 4.15. The van der Waals surface area contributed by atoms with Gasteiger partial charge < -0.3 is 30.0 Å². The monoisotopic (exact) mass is 545 g/mol. The number of fused-ring (bicyclic) bond motifs is 1. The molecule has 39 heavy (non-hydrogen) atoms. The number of rotatable bonds is 11. The second-order valence-corrected chi connectivity index (χ2v) is 10.2. The first-order chi connectivity index (χ1) is 18.1. The van der Waals surface area contributed by atoms with Crippen molar-refractivity contribution in [2.45, 2.75) is 76.7 Å². The van der Waals surface area contributed by atoms with Crippen molar-refractivity contribution in [2.24, 2.45) is 0 Å². The van der Waals surface area contributed by atoms with Crippen molar-refractivity contribution in [2.75, 3.05) is 0 Å². The Morgan fingerprint density at radius 1 is 1.13 bits per heavy atom. The number of carboxylic acid groups (broad SMARTS) is 1. The largest absolute Gasteiger partial charge is 1.00 e. The molecule has 0 fully saturated rings. The third kappa shape index (κ3) is 7.55. The second kappa shape index (κ2) is 13.7. The van der Waals surface area contributed by atoms with Gasteiger partial charge in [-0.2, -0.15) is 0 Å². The van der Waals surface area contributed by atoms with E-state index in [0.29, 0.717) is 17.1 Å². The van der Waals surface area contributed by atoms with Crippen LogP contribution in [0, 0.1) is 5.82 Å². The molecular weight excluding hydrogens is 512 g/mol. The molecule has 1 unspecified atom stereocenters. The zero-order valence-electron chi connectivity index (χ0n) is 22.6. The summed E-state index contributed by atoms with van der Waals surface area (Å²) in [5.74, 6) is -1.73. The van der Waals surface area contributed by atoms with Gasteiger partial charge in [0.2, 0.25) is 0 Å². The number of nitrogens with one attached hydrogen (secondary N) is 1. The summed E-state index contributed by atoms with van der Waals surface area (Å²) in [5, 5.41) is 34.2. The van der Waals surface area contributed by atoms with E-state index in [1.807, 2.05) is 36.6 Å². The Labute approximate surface area is 249 Å². The molecule has 0 saturated heterocycles. The van der Waals surface area contributed by atoms with E-state index in [-0.39, 0.29) is 72.5 Å². The zero-order chi connectivity index (χ0) is 27.4. The number of aliphatic hydroxyl groups excluding tert-OH is 2. The molecule has 1 heterocycles. The van der Waals surface area contributed by atoms with Crippen molar-refractivity contribution in [3.05, 3.63) is 76.9 Å². The van der Waals surface area contributed by atoms with Gasteiger partial charge in [-0.1, -0.05) is 38.1 Å². The average Bonchev–Trinajstić information content (AvgIpc) is 3.44. The van der Waals surface area contributed by atoms with Crippen molar-refractivity contribution in [3.8, 4) is 11.4 Å². The summed E-state index contributed by atoms with van der Waals surface area (Å²) in [6, 6.07) is 13.7. The molecule has 4 rings (SSSR count). The van der Waals surface area contributed by atoms with Crippen LogP contribution in [0.1, 0.15) is 78.8 Å². The van der Waals surface area contributed by atoms with E-state index >= 15 is 0 Å². The Balaban J connectivity index is 0.00000420. The van der Waals surface area contributed by atoms with Crippen molar-refractivity contribution in [3.63, 3.8) is 0 Å². The molecular formula is C29H33FN3NaO5. The summed E-state index contributed by atoms with van der Waals surface area (Å²) < 4.78 is 15.5. The maximum Gasteiger partial charge on any atom is 1.00 e. The van der Waals surface area contributed by atoms with Gasteiger partial charge in [-0.3, -0.25) is 4.79 Å². The van der Waals surface area contributed by atoms with Crippen molar-refractivity contribution in [1.82, 2.24) is 14.9 Å². The van der Waals surface area contributed by atoms with Gasteiger partial charge in [0.1, 0.15) is 17.3 Å². The molecule has 0 bridgehead atoms. The Hall–Kier alpha value is -2.56. The van der Waals surface area contributed by atoms with Gasteiger partial charge in [0.15, 0.2) is 0 Å². The molecule has 1 aliphatic carbocycles. The van der Waals surface area contributed by atoms with Crippen molar-refractivity contribution >= 4 is 11.9 Å². The molecule has 0 aliphatic heterocycles. The fourth-order valence-electron chi connectivity index (χ4n) is 5.18. The normalized spacial score (nSPS) is 15.9. The van der Waals surface area contributed by atoms with Gasteiger partial charge in [0.25, 0.3) is 5.91 Å². The van der Waals surface area contributed by atoms with Gasteiger partial charge in [-0.25, -0.2) is 9.37 Å². The molecule has 1 aromatic heterocycles. The predicted molar refractivity (Wildman–Crippen MR) is 138 cm³/mol. The Bertz CT molecular complexity index is 1290. The number of nitrogens with zero attached hydrogens (tertiary/aromatic N) is 2. The molecule has 3 atom stereocenters. The number of benzene rings is 2. The van der Waals surface area contributed by atoms with Crippen LogP contribution >= 0.6 is 0 Å². The number of aromatic nitrogens is 2. The number of carbonyl (C=O) groups is 2. The van der Waals surface area contributed by atoms with E-state index in [9.17, 15) is 29.3 Å². The topological polar surface area (TPSA) is 128 Å². The predicted octanol–water partition coefficient (Wildman–Crippen LogP) is -0.124. The summed E-state index contributed by atoms with van der Waals surface area (Å²) in [5.41, 5.74) is 3.88. The second-order valence-electron chi connectivity index (χ2n) is 10.2. The molecule has 8 nitrogen and oxygen atoms in total. The smallest absolute Gasteiger partial charge is 0.550 e. The minimum Gasteiger partial charge on any atom is -0.550 e. The standard InChI is InChI=1S/C29H34FN3O5.Na/c1-17(2)27-26(29(38)31-24-12-9-18-5-3-4-6-23(18)24)32-28(19-7-10-20(30)11-8-19)33(27)14-13-21(34)15-22(35)16-25(36)37;/h3-8,10-11,17,21-22,24,34-35H,9,12-16H2,1-2H3,(H,31,38)(H,36,37);/q;+1/p-1/t21-,22-,24?;/m1./s1. The molecule has 3 aromatic rings. The molecule has 202 valence electrons. The number of carboxylic acids is 1. The van der Waals surface area contributed by atoms with Crippen LogP contribution < -0.4 is 40.0 Å². The van der Waals surface area contributed by atoms with Crippen LogP contribution in [-0.2, 0) is 17.8 Å². The molecule has 1 amide bonds. The van der Waals surface area contributed by atoms with E-state index in [1.165, 1.54) is 17.7 Å². The molecule has 3 N–H and O–H groups in total. The number of carbonyl (C=O) groups excluding carboxylic acids is 2. The molecule has 0 radical (unpaired) electrons. The third-order valence-electron chi connectivity index (χ3n) is 6.94. The van der Waals surface area contributed by atoms with Crippen LogP contribution in [0.2, 0.25) is 0 Å². The number of aryl methyl sites for hydroxylation is 1. The Morgan fingerprint density at radius 3 is 2.49 bits per heavy atom. The molecule has 2 aromatic carbocycles. The van der Waals surface area contributed by atoms with Crippen LogP contribution in [0.4, 0.5) is 4.39 Å². The molecule has 10 heteroatoms. The first-order valence-electron chi connectivity index (χ1n) is 12.9. The third-order valence-corrected chi connectivity index (χ3v) is 6.94. The van der Waals surface area contributed by atoms with Gasteiger partial charge >= 0.3 is 29.6 Å². The number of hydrogen-bond acceptors (Lipinski definition) is 6. The van der Waals surface area contributed by atoms with Gasteiger partial charge in [0.05, 0.1) is 23.9 Å². The number of imidazole rings is 1. The number of hydrogen-bond donors (Lipinski definition) is 3. The van der Waals surface area contributed by atoms with Gasteiger partial charge in [0, 0.05) is 24.5 Å². The molecule has 0 spiro atoms. The fraction of sp³-hybridized carbons (Fsp3) is 0.414. The van der Waals surface area contributed by atoms with Crippen LogP contribution in [0.5, 0.6) is 0 Å². The van der Waals surface area contributed by atoms with E-state index in [1.54, 1.807) is 12.1 Å². The Kier molecular flexibility index (Phi) is 10.9. The molecule has 0 saturated carbocycles.